The summed E-state index contributed by atoms with van der Waals surface area (Å²) in [5.41, 5.74) is 0.943. The molecule has 4 heteroatoms. The van der Waals surface area contributed by atoms with Crippen molar-refractivity contribution in [2.24, 2.45) is 0 Å². The molecule has 1 aromatic rings. The molecule has 0 saturated heterocycles. The maximum atomic E-state index is 11.3. The third-order valence-electron chi connectivity index (χ3n) is 1.58. The Morgan fingerprint density at radius 2 is 2.17 bits per heavy atom. The van der Waals surface area contributed by atoms with E-state index in [2.05, 4.69) is 4.52 Å². The molecule has 1 N–H and O–H groups in total. The van der Waals surface area contributed by atoms with Crippen molar-refractivity contribution in [3.05, 3.63) is 29.8 Å². The quantitative estimate of drug-likeness (QED) is 0.711. The van der Waals surface area contributed by atoms with E-state index in [1.807, 2.05) is 13.0 Å². The number of benzene rings is 1. The summed E-state index contributed by atoms with van der Waals surface area (Å²) in [6.07, 6.45) is 0. The Morgan fingerprint density at radius 3 is 2.67 bits per heavy atom. The molecule has 0 saturated carbocycles. The van der Waals surface area contributed by atoms with Gasteiger partial charge >= 0.3 is 7.60 Å². The summed E-state index contributed by atoms with van der Waals surface area (Å²) in [6, 6.07) is 6.81. The van der Waals surface area contributed by atoms with Crippen LogP contribution in [0.1, 0.15) is 5.56 Å². The van der Waals surface area contributed by atoms with Gasteiger partial charge in [-0.3, -0.25) is 4.57 Å². The van der Waals surface area contributed by atoms with Gasteiger partial charge < -0.3 is 9.42 Å². The summed E-state index contributed by atoms with van der Waals surface area (Å²) in [6.45, 7) is 1.86. The summed E-state index contributed by atoms with van der Waals surface area (Å²) >= 11 is 0. The molecular weight excluding hydrogens is 175 g/mol. The lowest BCUT2D eigenvalue weighted by atomic mass is 10.2. The van der Waals surface area contributed by atoms with Gasteiger partial charge in [0.25, 0.3) is 0 Å². The Bertz CT molecular complexity index is 322. The highest BCUT2D eigenvalue weighted by atomic mass is 31.2. The van der Waals surface area contributed by atoms with Crippen LogP contribution >= 0.6 is 7.60 Å². The second-order valence-electron chi connectivity index (χ2n) is 2.54. The van der Waals surface area contributed by atoms with Crippen molar-refractivity contribution in [1.82, 2.24) is 0 Å². The van der Waals surface area contributed by atoms with Crippen molar-refractivity contribution in [3.63, 3.8) is 0 Å². The fraction of sp³-hybridized carbons (Fsp3) is 0.250. The molecule has 0 spiro atoms. The van der Waals surface area contributed by atoms with Gasteiger partial charge in [-0.15, -0.1) is 0 Å². The van der Waals surface area contributed by atoms with E-state index in [0.29, 0.717) is 5.30 Å². The van der Waals surface area contributed by atoms with Crippen LogP contribution in [0.4, 0.5) is 0 Å². The van der Waals surface area contributed by atoms with Gasteiger partial charge in [0.1, 0.15) is 0 Å². The molecule has 0 aliphatic carbocycles. The molecule has 0 aromatic heterocycles. The average molecular weight is 186 g/mol. The van der Waals surface area contributed by atoms with Gasteiger partial charge in [-0.25, -0.2) is 0 Å². The number of hydrogen-bond donors (Lipinski definition) is 1. The van der Waals surface area contributed by atoms with Crippen molar-refractivity contribution < 1.29 is 14.0 Å². The zero-order valence-corrected chi connectivity index (χ0v) is 7.91. The van der Waals surface area contributed by atoms with Crippen LogP contribution in [-0.4, -0.2) is 12.0 Å². The van der Waals surface area contributed by atoms with Gasteiger partial charge in [0.15, 0.2) is 0 Å². The second-order valence-corrected chi connectivity index (χ2v) is 4.46. The SMILES string of the molecule is COP(=O)(O)c1cccc(C)c1. The first kappa shape index (κ1) is 9.46. The summed E-state index contributed by atoms with van der Waals surface area (Å²) < 4.78 is 15.8. The Balaban J connectivity index is 3.12. The minimum absolute atomic E-state index is 0.338. The predicted octanol–water partition coefficient (Wildman–Crippen LogP) is 1.45. The molecular formula is C8H11O3P. The summed E-state index contributed by atoms with van der Waals surface area (Å²) in [5.74, 6) is 0. The maximum Gasteiger partial charge on any atom is 0.358 e. The Hall–Kier alpha value is -0.630. The van der Waals surface area contributed by atoms with E-state index < -0.39 is 7.60 Å². The van der Waals surface area contributed by atoms with Crippen LogP contribution in [0.5, 0.6) is 0 Å². The highest BCUT2D eigenvalue weighted by Crippen LogP contribution is 2.39. The van der Waals surface area contributed by atoms with E-state index in [4.69, 9.17) is 0 Å². The first-order valence-electron chi connectivity index (χ1n) is 3.52. The molecule has 0 amide bonds. The minimum atomic E-state index is -3.55. The smallest absolute Gasteiger partial charge is 0.321 e. The highest BCUT2D eigenvalue weighted by Gasteiger charge is 2.19. The number of aryl methyl sites for hydroxylation is 1. The monoisotopic (exact) mass is 186 g/mol. The molecule has 0 heterocycles. The fourth-order valence-corrected chi connectivity index (χ4v) is 1.76. The summed E-state index contributed by atoms with van der Waals surface area (Å²) in [7, 11) is -2.33. The maximum absolute atomic E-state index is 11.3. The van der Waals surface area contributed by atoms with Crippen LogP contribution in [-0.2, 0) is 9.09 Å². The first-order valence-corrected chi connectivity index (χ1v) is 5.10. The molecule has 1 unspecified atom stereocenters. The third-order valence-corrected chi connectivity index (χ3v) is 3.00. The average Bonchev–Trinajstić information content (AvgIpc) is 2.05. The fourth-order valence-electron chi connectivity index (χ4n) is 0.909. The van der Waals surface area contributed by atoms with Crippen molar-refractivity contribution >= 4 is 12.9 Å². The van der Waals surface area contributed by atoms with Gasteiger partial charge in [-0.1, -0.05) is 17.7 Å². The standard InChI is InChI=1S/C8H11O3P/c1-7-4-3-5-8(6-7)12(9,10)11-2/h3-6H,1-2H3,(H,9,10). The van der Waals surface area contributed by atoms with E-state index in [0.717, 1.165) is 5.56 Å². The number of hydrogen-bond acceptors (Lipinski definition) is 2. The molecule has 0 radical (unpaired) electrons. The lowest BCUT2D eigenvalue weighted by Gasteiger charge is -2.08. The van der Waals surface area contributed by atoms with Gasteiger partial charge in [0, 0.05) is 7.11 Å². The lowest BCUT2D eigenvalue weighted by molar-refractivity contribution is 0.328. The molecule has 1 aromatic carbocycles. The Labute approximate surface area is 71.5 Å². The van der Waals surface area contributed by atoms with Crippen LogP contribution in [0.15, 0.2) is 24.3 Å². The Kier molecular flexibility index (Phi) is 2.68. The predicted molar refractivity (Wildman–Crippen MR) is 47.6 cm³/mol. The first-order chi connectivity index (χ1) is 5.56. The van der Waals surface area contributed by atoms with Crippen LogP contribution in [0.3, 0.4) is 0 Å². The summed E-state index contributed by atoms with van der Waals surface area (Å²) in [5, 5.41) is 0.338. The van der Waals surface area contributed by atoms with Gasteiger partial charge in [0.05, 0.1) is 5.30 Å². The van der Waals surface area contributed by atoms with E-state index in [9.17, 15) is 9.46 Å². The van der Waals surface area contributed by atoms with Gasteiger partial charge in [-0.05, 0) is 19.1 Å². The van der Waals surface area contributed by atoms with Crippen LogP contribution < -0.4 is 5.30 Å². The molecule has 1 rings (SSSR count). The topological polar surface area (TPSA) is 46.5 Å². The molecule has 3 nitrogen and oxygen atoms in total. The molecule has 12 heavy (non-hydrogen) atoms. The van der Waals surface area contributed by atoms with E-state index in [-0.39, 0.29) is 0 Å². The third kappa shape index (κ3) is 1.95. The van der Waals surface area contributed by atoms with Gasteiger partial charge in [-0.2, -0.15) is 0 Å². The molecule has 0 aliphatic rings. The van der Waals surface area contributed by atoms with E-state index in [1.165, 1.54) is 7.11 Å². The normalized spacial score (nSPS) is 15.6. The van der Waals surface area contributed by atoms with Crippen LogP contribution in [0.2, 0.25) is 0 Å². The summed E-state index contributed by atoms with van der Waals surface area (Å²) in [4.78, 5) is 9.25. The van der Waals surface area contributed by atoms with Crippen molar-refractivity contribution in [3.8, 4) is 0 Å². The molecule has 66 valence electrons. The zero-order valence-electron chi connectivity index (χ0n) is 7.02. The van der Waals surface area contributed by atoms with Crippen molar-refractivity contribution in [1.29, 1.82) is 0 Å². The van der Waals surface area contributed by atoms with Gasteiger partial charge in [0.2, 0.25) is 0 Å². The lowest BCUT2D eigenvalue weighted by Crippen LogP contribution is -2.05. The molecule has 1 atom stereocenters. The molecule has 0 fully saturated rings. The van der Waals surface area contributed by atoms with Crippen LogP contribution in [0.25, 0.3) is 0 Å². The van der Waals surface area contributed by atoms with Crippen molar-refractivity contribution in [2.75, 3.05) is 7.11 Å². The molecule has 0 aliphatic heterocycles. The van der Waals surface area contributed by atoms with E-state index >= 15 is 0 Å². The zero-order chi connectivity index (χ0) is 9.19. The van der Waals surface area contributed by atoms with E-state index in [1.54, 1.807) is 18.2 Å². The largest absolute Gasteiger partial charge is 0.358 e. The highest BCUT2D eigenvalue weighted by molar-refractivity contribution is 7.61. The number of rotatable bonds is 2. The second kappa shape index (κ2) is 3.40. The van der Waals surface area contributed by atoms with Crippen molar-refractivity contribution in [2.45, 2.75) is 6.92 Å². The Morgan fingerprint density at radius 1 is 1.50 bits per heavy atom. The molecule has 0 bridgehead atoms. The van der Waals surface area contributed by atoms with Crippen LogP contribution in [0, 0.1) is 6.92 Å². The minimum Gasteiger partial charge on any atom is -0.321 e.